The molecule has 0 aromatic heterocycles. The van der Waals surface area contributed by atoms with E-state index in [4.69, 9.17) is 4.74 Å². The van der Waals surface area contributed by atoms with Crippen LogP contribution >= 0.6 is 0 Å². The average molecular weight is 472 g/mol. The van der Waals surface area contributed by atoms with Gasteiger partial charge in [0.15, 0.2) is 0 Å². The highest BCUT2D eigenvalue weighted by Crippen LogP contribution is 2.39. The van der Waals surface area contributed by atoms with Gasteiger partial charge in [-0.3, -0.25) is 9.59 Å². The van der Waals surface area contributed by atoms with Gasteiger partial charge >= 0.3 is 0 Å². The van der Waals surface area contributed by atoms with E-state index >= 15 is 0 Å². The lowest BCUT2D eigenvalue weighted by Crippen LogP contribution is -2.36. The molecule has 1 saturated carbocycles. The molecule has 1 heterocycles. The Labute approximate surface area is 194 Å². The Morgan fingerprint density at radius 1 is 1.18 bits per heavy atom. The van der Waals surface area contributed by atoms with Gasteiger partial charge in [-0.1, -0.05) is 12.1 Å². The fourth-order valence-corrected chi connectivity index (χ4v) is 5.32. The second-order valence-electron chi connectivity index (χ2n) is 8.56. The number of ether oxygens (including phenoxy) is 1. The van der Waals surface area contributed by atoms with E-state index in [1.54, 1.807) is 41.3 Å². The van der Waals surface area contributed by atoms with Crippen molar-refractivity contribution < 1.29 is 22.7 Å². The largest absolute Gasteiger partial charge is 0.492 e. The first-order valence-electron chi connectivity index (χ1n) is 11.2. The summed E-state index contributed by atoms with van der Waals surface area (Å²) in [4.78, 5) is 27.1. The number of amides is 2. The molecule has 2 aromatic carbocycles. The molecule has 0 spiro atoms. The molecule has 9 heteroatoms. The summed E-state index contributed by atoms with van der Waals surface area (Å²) < 4.78 is 32.8. The molecule has 1 unspecified atom stereocenters. The maximum atomic E-state index is 13.1. The van der Waals surface area contributed by atoms with Crippen LogP contribution in [0.15, 0.2) is 47.4 Å². The second kappa shape index (κ2) is 9.15. The van der Waals surface area contributed by atoms with Crippen molar-refractivity contribution in [3.63, 3.8) is 0 Å². The van der Waals surface area contributed by atoms with Gasteiger partial charge in [0.25, 0.3) is 0 Å². The van der Waals surface area contributed by atoms with Crippen LogP contribution in [0.25, 0.3) is 0 Å². The Bertz CT molecular complexity index is 1180. The van der Waals surface area contributed by atoms with Crippen molar-refractivity contribution in [2.24, 2.45) is 5.92 Å². The number of fused-ring (bicyclic) bond motifs is 1. The highest BCUT2D eigenvalue weighted by Gasteiger charge is 2.40. The molecule has 2 amide bonds. The number of para-hydroxylation sites is 2. The number of hydrogen-bond acceptors (Lipinski definition) is 5. The maximum Gasteiger partial charge on any atom is 0.243 e. The molecular weight excluding hydrogens is 442 g/mol. The summed E-state index contributed by atoms with van der Waals surface area (Å²) in [6, 6.07) is 11.8. The Balaban J connectivity index is 1.48. The van der Waals surface area contributed by atoms with Crippen LogP contribution < -0.4 is 15.0 Å². The van der Waals surface area contributed by atoms with Crippen LogP contribution in [0.5, 0.6) is 5.75 Å². The first-order chi connectivity index (χ1) is 15.7. The van der Waals surface area contributed by atoms with Crippen molar-refractivity contribution in [2.75, 3.05) is 30.4 Å². The number of likely N-dealkylation sites (N-methyl/N-ethyl adjacent to an activating group) is 1. The van der Waals surface area contributed by atoms with Gasteiger partial charge in [0.1, 0.15) is 5.75 Å². The first kappa shape index (κ1) is 23.3. The van der Waals surface area contributed by atoms with E-state index in [0.717, 1.165) is 28.4 Å². The van der Waals surface area contributed by atoms with E-state index in [1.807, 2.05) is 13.8 Å². The lowest BCUT2D eigenvalue weighted by Gasteiger charge is -2.23. The molecule has 0 saturated heterocycles. The third-order valence-corrected chi connectivity index (χ3v) is 7.77. The standard InChI is InChI=1S/C24H29N3O5S/c1-4-32-22-8-6-5-7-20(22)25-23(28)15-26(3)33(30,31)19-11-12-21-18(14-19)13-16(2)27(21)24(29)17-9-10-17/h5-8,11-12,14,16-17H,4,9-10,13,15H2,1-3H3,(H,25,28). The summed E-state index contributed by atoms with van der Waals surface area (Å²) in [5.41, 5.74) is 2.11. The molecule has 2 aromatic rings. The Hall–Kier alpha value is -2.91. The van der Waals surface area contributed by atoms with Gasteiger partial charge in [-0.25, -0.2) is 8.42 Å². The van der Waals surface area contributed by atoms with Crippen LogP contribution in [-0.4, -0.2) is 50.8 Å². The first-order valence-corrected chi connectivity index (χ1v) is 12.6. The quantitative estimate of drug-likeness (QED) is 0.639. The number of nitrogens with zero attached hydrogens (tertiary/aromatic N) is 2. The van der Waals surface area contributed by atoms with Crippen LogP contribution in [-0.2, 0) is 26.0 Å². The minimum absolute atomic E-state index is 0.0000284. The van der Waals surface area contributed by atoms with Gasteiger partial charge in [-0.15, -0.1) is 0 Å². The molecule has 33 heavy (non-hydrogen) atoms. The van der Waals surface area contributed by atoms with Crippen molar-refractivity contribution in [2.45, 2.75) is 44.0 Å². The van der Waals surface area contributed by atoms with Crippen LogP contribution in [0.1, 0.15) is 32.3 Å². The molecule has 1 aliphatic heterocycles. The second-order valence-corrected chi connectivity index (χ2v) is 10.6. The summed E-state index contributed by atoms with van der Waals surface area (Å²) >= 11 is 0. The number of hydrogen-bond donors (Lipinski definition) is 1. The van der Waals surface area contributed by atoms with E-state index in [1.165, 1.54) is 13.1 Å². The highest BCUT2D eigenvalue weighted by molar-refractivity contribution is 7.89. The van der Waals surface area contributed by atoms with Gasteiger partial charge in [0, 0.05) is 24.7 Å². The predicted molar refractivity (Wildman–Crippen MR) is 126 cm³/mol. The number of benzene rings is 2. The molecule has 1 N–H and O–H groups in total. The molecule has 4 rings (SSSR count). The van der Waals surface area contributed by atoms with E-state index in [2.05, 4.69) is 5.32 Å². The average Bonchev–Trinajstić information content (AvgIpc) is 3.56. The molecule has 176 valence electrons. The SMILES string of the molecule is CCOc1ccccc1NC(=O)CN(C)S(=O)(=O)c1ccc2c(c1)CC(C)N2C(=O)C1CC1. The highest BCUT2D eigenvalue weighted by atomic mass is 32.2. The van der Waals surface area contributed by atoms with Gasteiger partial charge in [0.2, 0.25) is 21.8 Å². The zero-order valence-corrected chi connectivity index (χ0v) is 19.9. The molecule has 1 atom stereocenters. The van der Waals surface area contributed by atoms with Crippen molar-refractivity contribution in [1.82, 2.24) is 4.31 Å². The lowest BCUT2D eigenvalue weighted by atomic mass is 10.1. The minimum Gasteiger partial charge on any atom is -0.492 e. The number of anilines is 2. The summed E-state index contributed by atoms with van der Waals surface area (Å²) in [5, 5.41) is 2.72. The monoisotopic (exact) mass is 471 g/mol. The fourth-order valence-electron chi connectivity index (χ4n) is 4.14. The topological polar surface area (TPSA) is 96.0 Å². The molecule has 1 aliphatic carbocycles. The maximum absolute atomic E-state index is 13.1. The number of rotatable bonds is 8. The Kier molecular flexibility index (Phi) is 6.45. The number of nitrogens with one attached hydrogen (secondary N) is 1. The number of sulfonamides is 1. The zero-order chi connectivity index (χ0) is 23.8. The van der Waals surface area contributed by atoms with Crippen molar-refractivity contribution in [3.05, 3.63) is 48.0 Å². The Morgan fingerprint density at radius 2 is 1.91 bits per heavy atom. The van der Waals surface area contributed by atoms with Gasteiger partial charge in [0.05, 0.1) is 23.7 Å². The number of carbonyl (C=O) groups excluding carboxylic acids is 2. The summed E-state index contributed by atoms with van der Waals surface area (Å²) in [5.74, 6) is 0.276. The van der Waals surface area contributed by atoms with E-state index in [-0.39, 0.29) is 29.3 Å². The van der Waals surface area contributed by atoms with Crippen LogP contribution in [0.3, 0.4) is 0 Å². The summed E-state index contributed by atoms with van der Waals surface area (Å²) in [6.45, 7) is 3.92. The van der Waals surface area contributed by atoms with Crippen LogP contribution in [0.2, 0.25) is 0 Å². The van der Waals surface area contributed by atoms with E-state index in [0.29, 0.717) is 24.5 Å². The minimum atomic E-state index is -3.89. The van der Waals surface area contributed by atoms with E-state index < -0.39 is 15.9 Å². The molecule has 8 nitrogen and oxygen atoms in total. The molecule has 0 bridgehead atoms. The van der Waals surface area contributed by atoms with Gasteiger partial charge in [-0.05, 0) is 69.0 Å². The van der Waals surface area contributed by atoms with Crippen molar-refractivity contribution in [1.29, 1.82) is 0 Å². The third kappa shape index (κ3) is 4.74. The molecule has 1 fully saturated rings. The normalized spacial score (nSPS) is 17.7. The fraction of sp³-hybridized carbons (Fsp3) is 0.417. The molecular formula is C24H29N3O5S. The predicted octanol–water partition coefficient (Wildman–Crippen LogP) is 3.03. The van der Waals surface area contributed by atoms with Crippen molar-refractivity contribution in [3.8, 4) is 5.75 Å². The van der Waals surface area contributed by atoms with E-state index in [9.17, 15) is 18.0 Å². The third-order valence-electron chi connectivity index (χ3n) is 5.97. The smallest absolute Gasteiger partial charge is 0.243 e. The van der Waals surface area contributed by atoms with Crippen LogP contribution in [0, 0.1) is 5.92 Å². The van der Waals surface area contributed by atoms with Crippen molar-refractivity contribution >= 4 is 33.2 Å². The van der Waals surface area contributed by atoms with Crippen LogP contribution in [0.4, 0.5) is 11.4 Å². The number of carbonyl (C=O) groups is 2. The molecule has 0 radical (unpaired) electrons. The zero-order valence-electron chi connectivity index (χ0n) is 19.1. The van der Waals surface area contributed by atoms with Gasteiger partial charge in [-0.2, -0.15) is 4.31 Å². The molecule has 2 aliphatic rings. The summed E-state index contributed by atoms with van der Waals surface area (Å²) in [7, 11) is -2.51. The summed E-state index contributed by atoms with van der Waals surface area (Å²) in [6.07, 6.45) is 2.45. The lowest BCUT2D eigenvalue weighted by molar-refractivity contribution is -0.120. The van der Waals surface area contributed by atoms with Gasteiger partial charge < -0.3 is 15.0 Å². The Morgan fingerprint density at radius 3 is 2.61 bits per heavy atom.